The predicted octanol–water partition coefficient (Wildman–Crippen LogP) is 0.320. The number of nitrogens with zero attached hydrogens (tertiary/aromatic N) is 2. The highest BCUT2D eigenvalue weighted by Crippen LogP contribution is 2.22. The number of rotatable bonds is 3. The number of piperidine rings is 1. The van der Waals surface area contributed by atoms with Gasteiger partial charge in [0.05, 0.1) is 5.92 Å². The average Bonchev–Trinajstić information content (AvgIpc) is 2.80. The summed E-state index contributed by atoms with van der Waals surface area (Å²) in [5.74, 6) is -1.93. The number of likely N-dealkylation sites (tertiary alicyclic amines) is 2. The summed E-state index contributed by atoms with van der Waals surface area (Å²) < 4.78 is 0. The molecule has 0 saturated carbocycles. The van der Waals surface area contributed by atoms with E-state index in [0.29, 0.717) is 0 Å². The van der Waals surface area contributed by atoms with E-state index in [2.05, 4.69) is 0 Å². The summed E-state index contributed by atoms with van der Waals surface area (Å²) in [7, 11) is 0. The minimum absolute atomic E-state index is 0.00690. The standard InChI is InChI=1S/C13H20N2O4/c1-9(12(17)14-5-3-2-4-6-14)15-8-10(13(18)19)7-11(15)16/h9-10H,2-8H2,1H3,(H,18,19). The molecule has 2 atom stereocenters. The van der Waals surface area contributed by atoms with Gasteiger partial charge in [0.25, 0.3) is 0 Å². The second-order valence-corrected chi connectivity index (χ2v) is 5.35. The third kappa shape index (κ3) is 2.88. The first-order valence-electron chi connectivity index (χ1n) is 6.81. The fourth-order valence-electron chi connectivity index (χ4n) is 2.78. The number of carboxylic acid groups (broad SMARTS) is 1. The van der Waals surface area contributed by atoms with Crippen LogP contribution in [0.5, 0.6) is 0 Å². The van der Waals surface area contributed by atoms with Gasteiger partial charge in [0, 0.05) is 26.1 Å². The molecule has 2 fully saturated rings. The van der Waals surface area contributed by atoms with Crippen LogP contribution in [0.3, 0.4) is 0 Å². The summed E-state index contributed by atoms with van der Waals surface area (Å²) in [6, 6.07) is -0.546. The minimum atomic E-state index is -0.964. The number of carbonyl (C=O) groups is 3. The lowest BCUT2D eigenvalue weighted by Crippen LogP contribution is -2.49. The van der Waals surface area contributed by atoms with Gasteiger partial charge in [-0.3, -0.25) is 14.4 Å². The van der Waals surface area contributed by atoms with Crippen LogP contribution in [0.15, 0.2) is 0 Å². The smallest absolute Gasteiger partial charge is 0.308 e. The highest BCUT2D eigenvalue weighted by Gasteiger charge is 2.39. The molecule has 19 heavy (non-hydrogen) atoms. The molecule has 0 bridgehead atoms. The van der Waals surface area contributed by atoms with E-state index in [0.717, 1.165) is 32.4 Å². The Labute approximate surface area is 112 Å². The number of aliphatic carboxylic acids is 1. The lowest BCUT2D eigenvalue weighted by atomic mass is 10.1. The van der Waals surface area contributed by atoms with Crippen molar-refractivity contribution in [2.75, 3.05) is 19.6 Å². The topological polar surface area (TPSA) is 77.9 Å². The molecule has 2 heterocycles. The van der Waals surface area contributed by atoms with Crippen LogP contribution in [0.1, 0.15) is 32.6 Å². The summed E-state index contributed by atoms with van der Waals surface area (Å²) in [6.07, 6.45) is 3.16. The Kier molecular flexibility index (Phi) is 4.07. The molecule has 0 aromatic heterocycles. The van der Waals surface area contributed by atoms with Gasteiger partial charge < -0.3 is 14.9 Å². The van der Waals surface area contributed by atoms with Crippen LogP contribution >= 0.6 is 0 Å². The monoisotopic (exact) mass is 268 g/mol. The van der Waals surface area contributed by atoms with Crippen LogP contribution < -0.4 is 0 Å². The van der Waals surface area contributed by atoms with Crippen LogP contribution in [0, 0.1) is 5.92 Å². The zero-order chi connectivity index (χ0) is 14.0. The van der Waals surface area contributed by atoms with Gasteiger partial charge in [0.15, 0.2) is 0 Å². The zero-order valence-corrected chi connectivity index (χ0v) is 11.2. The summed E-state index contributed by atoms with van der Waals surface area (Å²) in [5, 5.41) is 8.94. The molecule has 0 radical (unpaired) electrons. The van der Waals surface area contributed by atoms with E-state index in [-0.39, 0.29) is 24.8 Å². The molecule has 0 aromatic carbocycles. The maximum atomic E-state index is 12.3. The molecule has 1 N–H and O–H groups in total. The third-order valence-electron chi connectivity index (χ3n) is 4.00. The van der Waals surface area contributed by atoms with Gasteiger partial charge in [-0.2, -0.15) is 0 Å². The molecular formula is C13H20N2O4. The number of hydrogen-bond acceptors (Lipinski definition) is 3. The number of carboxylic acids is 1. The highest BCUT2D eigenvalue weighted by molar-refractivity contribution is 5.91. The maximum absolute atomic E-state index is 12.3. The van der Waals surface area contributed by atoms with Crippen molar-refractivity contribution in [3.8, 4) is 0 Å². The van der Waals surface area contributed by atoms with E-state index >= 15 is 0 Å². The lowest BCUT2D eigenvalue weighted by molar-refractivity contribution is -0.143. The number of amides is 2. The molecule has 6 heteroatoms. The normalized spacial score (nSPS) is 25.5. The Morgan fingerprint density at radius 1 is 1.26 bits per heavy atom. The average molecular weight is 268 g/mol. The van der Waals surface area contributed by atoms with Crippen molar-refractivity contribution >= 4 is 17.8 Å². The van der Waals surface area contributed by atoms with Crippen LogP contribution in [0.2, 0.25) is 0 Å². The number of hydrogen-bond donors (Lipinski definition) is 1. The summed E-state index contributed by atoms with van der Waals surface area (Å²) >= 11 is 0. The first-order valence-corrected chi connectivity index (χ1v) is 6.81. The van der Waals surface area contributed by atoms with Gasteiger partial charge >= 0.3 is 5.97 Å². The van der Waals surface area contributed by atoms with E-state index in [9.17, 15) is 14.4 Å². The van der Waals surface area contributed by atoms with Crippen molar-refractivity contribution in [3.63, 3.8) is 0 Å². The Morgan fingerprint density at radius 2 is 1.89 bits per heavy atom. The quantitative estimate of drug-likeness (QED) is 0.799. The van der Waals surface area contributed by atoms with Crippen molar-refractivity contribution in [1.82, 2.24) is 9.80 Å². The van der Waals surface area contributed by atoms with Gasteiger partial charge in [-0.05, 0) is 26.2 Å². The molecule has 2 amide bonds. The van der Waals surface area contributed by atoms with Gasteiger partial charge in [0.1, 0.15) is 6.04 Å². The van der Waals surface area contributed by atoms with Crippen molar-refractivity contribution in [2.45, 2.75) is 38.6 Å². The maximum Gasteiger partial charge on any atom is 0.308 e. The Hall–Kier alpha value is -1.59. The first-order chi connectivity index (χ1) is 9.00. The Balaban J connectivity index is 1.98. The summed E-state index contributed by atoms with van der Waals surface area (Å²) in [4.78, 5) is 38.2. The first kappa shape index (κ1) is 13.8. The van der Waals surface area contributed by atoms with Crippen LogP contribution in [-0.4, -0.2) is 58.4 Å². The van der Waals surface area contributed by atoms with Gasteiger partial charge in [-0.25, -0.2) is 0 Å². The van der Waals surface area contributed by atoms with Gasteiger partial charge in [-0.15, -0.1) is 0 Å². The molecule has 2 unspecified atom stereocenters. The summed E-state index contributed by atoms with van der Waals surface area (Å²) in [5.41, 5.74) is 0. The molecule has 2 aliphatic rings. The van der Waals surface area contributed by atoms with Crippen LogP contribution in [0.25, 0.3) is 0 Å². The summed E-state index contributed by atoms with van der Waals surface area (Å²) in [6.45, 7) is 3.33. The van der Waals surface area contributed by atoms with Gasteiger partial charge in [0.2, 0.25) is 11.8 Å². The minimum Gasteiger partial charge on any atom is -0.481 e. The van der Waals surface area contributed by atoms with E-state index in [1.807, 2.05) is 0 Å². The molecule has 2 saturated heterocycles. The molecule has 106 valence electrons. The largest absolute Gasteiger partial charge is 0.481 e. The van der Waals surface area contributed by atoms with Crippen molar-refractivity contribution in [3.05, 3.63) is 0 Å². The van der Waals surface area contributed by atoms with E-state index in [1.54, 1.807) is 11.8 Å². The van der Waals surface area contributed by atoms with E-state index < -0.39 is 17.9 Å². The Bertz CT molecular complexity index is 390. The van der Waals surface area contributed by atoms with E-state index in [1.165, 1.54) is 4.90 Å². The second kappa shape index (κ2) is 5.59. The van der Waals surface area contributed by atoms with Crippen LogP contribution in [0.4, 0.5) is 0 Å². The van der Waals surface area contributed by atoms with Gasteiger partial charge in [-0.1, -0.05) is 0 Å². The van der Waals surface area contributed by atoms with E-state index in [4.69, 9.17) is 5.11 Å². The fourth-order valence-corrected chi connectivity index (χ4v) is 2.78. The van der Waals surface area contributed by atoms with Crippen molar-refractivity contribution in [2.24, 2.45) is 5.92 Å². The second-order valence-electron chi connectivity index (χ2n) is 5.35. The SMILES string of the molecule is CC(C(=O)N1CCCCC1)N1CC(C(=O)O)CC1=O. The zero-order valence-electron chi connectivity index (χ0n) is 11.2. The molecule has 0 aromatic rings. The number of carbonyl (C=O) groups excluding carboxylic acids is 2. The Morgan fingerprint density at radius 3 is 2.42 bits per heavy atom. The molecule has 0 aliphatic carbocycles. The third-order valence-corrected chi connectivity index (χ3v) is 4.00. The van der Waals surface area contributed by atoms with Crippen LogP contribution in [-0.2, 0) is 14.4 Å². The molecule has 0 spiro atoms. The molecule has 6 nitrogen and oxygen atoms in total. The molecular weight excluding hydrogens is 248 g/mol. The predicted molar refractivity (Wildman–Crippen MR) is 67.3 cm³/mol. The lowest BCUT2D eigenvalue weighted by Gasteiger charge is -2.32. The highest BCUT2D eigenvalue weighted by atomic mass is 16.4. The molecule has 2 aliphatic heterocycles. The van der Waals surface area contributed by atoms with Crippen molar-refractivity contribution < 1.29 is 19.5 Å². The fraction of sp³-hybridized carbons (Fsp3) is 0.769. The van der Waals surface area contributed by atoms with Crippen molar-refractivity contribution in [1.29, 1.82) is 0 Å². The molecule has 2 rings (SSSR count).